The Morgan fingerprint density at radius 3 is 1.98 bits per heavy atom. The lowest BCUT2D eigenvalue weighted by Gasteiger charge is -2.24. The van der Waals surface area contributed by atoms with Gasteiger partial charge in [0.05, 0.1) is 41.8 Å². The highest BCUT2D eigenvalue weighted by atomic mass is 19.1. The Balaban J connectivity index is 1.33. The summed E-state index contributed by atoms with van der Waals surface area (Å²) < 4.78 is 41.9. The molecule has 1 atom stereocenters. The second kappa shape index (κ2) is 18.8. The number of rotatable bonds is 14. The molecule has 0 spiro atoms. The number of allylic oxidation sites excluding steroid dienone is 1. The van der Waals surface area contributed by atoms with Crippen LogP contribution in [0.25, 0.3) is 0 Å². The van der Waals surface area contributed by atoms with Crippen LogP contribution in [0.1, 0.15) is 72.9 Å². The molecule has 4 aromatic rings. The van der Waals surface area contributed by atoms with E-state index in [0.717, 1.165) is 5.56 Å². The van der Waals surface area contributed by atoms with Crippen molar-refractivity contribution in [3.63, 3.8) is 0 Å². The zero-order valence-corrected chi connectivity index (χ0v) is 32.6. The van der Waals surface area contributed by atoms with Gasteiger partial charge in [-0.3, -0.25) is 14.9 Å². The van der Waals surface area contributed by atoms with E-state index in [9.17, 15) is 23.6 Å². The van der Waals surface area contributed by atoms with E-state index in [1.165, 1.54) is 43.5 Å². The molecule has 12 nitrogen and oxygen atoms in total. The number of hydrogen-bond donors (Lipinski definition) is 3. The van der Waals surface area contributed by atoms with Crippen molar-refractivity contribution in [2.45, 2.75) is 66.0 Å². The standard InChI is InChI=1S/C44H46FN3O9/c1-27(2)56-39-23-31(41(50)46-34-21-16-32(42(51)53-6)24-38(34)55-26-29-12-17-33(45)18-13-29)15-20-36(39)47-40(49)30-14-19-35(48-43(52)57-44(3,4)5)37(22-30)54-25-28-10-8-7-9-11-28/h7-14,16-24,27,31H,15,25-26H2,1-6H3,(H,46,50)(H,47,49)(H,48,52). The van der Waals surface area contributed by atoms with Gasteiger partial charge in [0, 0.05) is 5.56 Å². The van der Waals surface area contributed by atoms with Crippen molar-refractivity contribution in [3.05, 3.63) is 143 Å². The Morgan fingerprint density at radius 2 is 1.37 bits per heavy atom. The van der Waals surface area contributed by atoms with Crippen molar-refractivity contribution in [3.8, 4) is 11.5 Å². The number of methoxy groups -OCH3 is 1. The van der Waals surface area contributed by atoms with Crippen LogP contribution in [0.4, 0.5) is 20.6 Å². The van der Waals surface area contributed by atoms with Crippen LogP contribution >= 0.6 is 0 Å². The number of carbonyl (C=O) groups is 4. The second-order valence-corrected chi connectivity index (χ2v) is 14.3. The van der Waals surface area contributed by atoms with Crippen LogP contribution in [0.15, 0.2) is 115 Å². The summed E-state index contributed by atoms with van der Waals surface area (Å²) in [5.74, 6) is -1.81. The molecular weight excluding hydrogens is 733 g/mol. The average molecular weight is 780 g/mol. The van der Waals surface area contributed by atoms with Crippen LogP contribution in [0.2, 0.25) is 0 Å². The Labute approximate surface area is 331 Å². The number of nitrogens with one attached hydrogen (secondary N) is 3. The summed E-state index contributed by atoms with van der Waals surface area (Å²) in [5, 5.41) is 8.49. The van der Waals surface area contributed by atoms with E-state index in [1.54, 1.807) is 57.2 Å². The average Bonchev–Trinajstić information content (AvgIpc) is 3.17. The maximum absolute atomic E-state index is 13.7. The number of esters is 1. The Kier molecular flexibility index (Phi) is 13.7. The third-order valence-corrected chi connectivity index (χ3v) is 8.23. The lowest BCUT2D eigenvalue weighted by molar-refractivity contribution is -0.118. The van der Waals surface area contributed by atoms with E-state index in [2.05, 4.69) is 16.0 Å². The SMILES string of the molecule is COC(=O)c1ccc(NC(=O)C2C=C(OC(C)C)C(NC(=O)c3ccc(NC(=O)OC(C)(C)C)c(OCc4ccccc4)c3)=CC2)c(OCc2ccc(F)cc2)c1. The minimum absolute atomic E-state index is 0.0406. The molecule has 57 heavy (non-hydrogen) atoms. The second-order valence-electron chi connectivity index (χ2n) is 14.3. The molecule has 13 heteroatoms. The summed E-state index contributed by atoms with van der Waals surface area (Å²) in [6.45, 7) is 9.13. The lowest BCUT2D eigenvalue weighted by Crippen LogP contribution is -2.30. The van der Waals surface area contributed by atoms with Crippen LogP contribution in [0.5, 0.6) is 11.5 Å². The number of benzene rings is 4. The van der Waals surface area contributed by atoms with Crippen molar-refractivity contribution >= 4 is 35.3 Å². The smallest absolute Gasteiger partial charge is 0.412 e. The fraction of sp³-hybridized carbons (Fsp3) is 0.273. The van der Waals surface area contributed by atoms with E-state index >= 15 is 0 Å². The molecule has 0 aromatic heterocycles. The van der Waals surface area contributed by atoms with Crippen LogP contribution in [0, 0.1) is 11.7 Å². The zero-order valence-electron chi connectivity index (χ0n) is 32.6. The molecule has 0 saturated heterocycles. The van der Waals surface area contributed by atoms with Gasteiger partial charge in [0.25, 0.3) is 5.91 Å². The number of carbonyl (C=O) groups excluding carboxylic acids is 4. The van der Waals surface area contributed by atoms with E-state index < -0.39 is 35.4 Å². The van der Waals surface area contributed by atoms with E-state index in [4.69, 9.17) is 23.7 Å². The van der Waals surface area contributed by atoms with Gasteiger partial charge in [-0.15, -0.1) is 0 Å². The molecule has 0 fully saturated rings. The first kappa shape index (κ1) is 41.5. The van der Waals surface area contributed by atoms with Gasteiger partial charge in [-0.05, 0) is 107 Å². The predicted molar refractivity (Wildman–Crippen MR) is 212 cm³/mol. The van der Waals surface area contributed by atoms with Gasteiger partial charge >= 0.3 is 12.1 Å². The van der Waals surface area contributed by atoms with Gasteiger partial charge in [0.15, 0.2) is 0 Å². The van der Waals surface area contributed by atoms with E-state index in [0.29, 0.717) is 28.4 Å². The summed E-state index contributed by atoms with van der Waals surface area (Å²) in [6, 6.07) is 24.3. The van der Waals surface area contributed by atoms with E-state index in [-0.39, 0.29) is 54.2 Å². The fourth-order valence-corrected chi connectivity index (χ4v) is 5.52. The predicted octanol–water partition coefficient (Wildman–Crippen LogP) is 8.70. The molecule has 1 unspecified atom stereocenters. The number of amides is 3. The summed E-state index contributed by atoms with van der Waals surface area (Å²) in [4.78, 5) is 52.3. The van der Waals surface area contributed by atoms with Gasteiger partial charge in [0.2, 0.25) is 5.91 Å². The molecule has 5 rings (SSSR count). The third-order valence-electron chi connectivity index (χ3n) is 8.23. The fourth-order valence-electron chi connectivity index (χ4n) is 5.52. The highest BCUT2D eigenvalue weighted by Gasteiger charge is 2.27. The molecule has 0 heterocycles. The molecule has 3 N–H and O–H groups in total. The molecule has 1 aliphatic rings. The summed E-state index contributed by atoms with van der Waals surface area (Å²) in [7, 11) is 1.26. The summed E-state index contributed by atoms with van der Waals surface area (Å²) in [5.41, 5.74) is 2.25. The van der Waals surface area contributed by atoms with Gasteiger partial charge in [-0.25, -0.2) is 14.0 Å². The number of halogens is 1. The van der Waals surface area contributed by atoms with Crippen LogP contribution < -0.4 is 25.4 Å². The van der Waals surface area contributed by atoms with Crippen LogP contribution in [0.3, 0.4) is 0 Å². The molecular formula is C44H46FN3O9. The largest absolute Gasteiger partial charge is 0.489 e. The lowest BCUT2D eigenvalue weighted by atomic mass is 9.96. The quantitative estimate of drug-likeness (QED) is 0.107. The van der Waals surface area contributed by atoms with Crippen molar-refractivity contribution in [1.29, 1.82) is 0 Å². The Hall–Kier alpha value is -6.63. The van der Waals surface area contributed by atoms with Gasteiger partial charge in [-0.1, -0.05) is 48.5 Å². The normalized spacial score (nSPS) is 13.7. The van der Waals surface area contributed by atoms with Gasteiger partial charge in [0.1, 0.15) is 41.9 Å². The molecule has 298 valence electrons. The summed E-state index contributed by atoms with van der Waals surface area (Å²) in [6.07, 6.45) is 2.57. The first-order valence-electron chi connectivity index (χ1n) is 18.3. The van der Waals surface area contributed by atoms with Crippen molar-refractivity contribution in [1.82, 2.24) is 5.32 Å². The molecule has 0 aliphatic heterocycles. The monoisotopic (exact) mass is 779 g/mol. The number of hydrogen-bond acceptors (Lipinski definition) is 9. The number of anilines is 2. The maximum atomic E-state index is 13.7. The van der Waals surface area contributed by atoms with Gasteiger partial charge in [-0.2, -0.15) is 0 Å². The van der Waals surface area contributed by atoms with Crippen molar-refractivity contribution in [2.24, 2.45) is 5.92 Å². The minimum atomic E-state index is -0.730. The highest BCUT2D eigenvalue weighted by molar-refractivity contribution is 5.99. The first-order valence-corrected chi connectivity index (χ1v) is 18.3. The molecule has 1 aliphatic carbocycles. The molecule has 0 saturated carbocycles. The Morgan fingerprint density at radius 1 is 0.772 bits per heavy atom. The third kappa shape index (κ3) is 12.2. The topological polar surface area (TPSA) is 151 Å². The molecule has 0 radical (unpaired) electrons. The Bertz CT molecular complexity index is 2140. The van der Waals surface area contributed by atoms with Crippen molar-refractivity contribution in [2.75, 3.05) is 17.7 Å². The first-order chi connectivity index (χ1) is 27.2. The molecule has 3 amide bonds. The minimum Gasteiger partial charge on any atom is -0.489 e. The molecule has 4 aromatic carbocycles. The van der Waals surface area contributed by atoms with Crippen LogP contribution in [-0.2, 0) is 32.2 Å². The van der Waals surface area contributed by atoms with E-state index in [1.807, 2.05) is 44.2 Å². The van der Waals surface area contributed by atoms with Crippen LogP contribution in [-0.4, -0.2) is 42.7 Å². The van der Waals surface area contributed by atoms with Crippen molar-refractivity contribution < 1.29 is 47.3 Å². The maximum Gasteiger partial charge on any atom is 0.412 e. The van der Waals surface area contributed by atoms with Gasteiger partial charge < -0.3 is 34.3 Å². The molecule has 0 bridgehead atoms. The highest BCUT2D eigenvalue weighted by Crippen LogP contribution is 2.32. The number of ether oxygens (including phenoxy) is 5. The summed E-state index contributed by atoms with van der Waals surface area (Å²) >= 11 is 0. The zero-order chi connectivity index (χ0) is 41.1.